The van der Waals surface area contributed by atoms with Gasteiger partial charge < -0.3 is 9.47 Å². The van der Waals surface area contributed by atoms with Gasteiger partial charge in [0.05, 0.1) is 17.8 Å². The van der Waals surface area contributed by atoms with Gasteiger partial charge in [0.1, 0.15) is 6.61 Å². The number of benzene rings is 3. The van der Waals surface area contributed by atoms with Gasteiger partial charge in [-0.15, -0.1) is 0 Å². The topological polar surface area (TPSA) is 59.9 Å². The van der Waals surface area contributed by atoms with E-state index in [9.17, 15) is 4.79 Å². The van der Waals surface area contributed by atoms with Crippen molar-refractivity contribution >= 4 is 35.3 Å². The van der Waals surface area contributed by atoms with Gasteiger partial charge in [-0.1, -0.05) is 59.6 Å². The summed E-state index contributed by atoms with van der Waals surface area (Å²) >= 11 is 12.6. The molecule has 154 valence electrons. The number of hydrogen-bond acceptors (Lipinski definition) is 4. The number of nitrogens with zero attached hydrogens (tertiary/aromatic N) is 1. The monoisotopic (exact) mass is 442 g/mol. The van der Waals surface area contributed by atoms with E-state index in [1.807, 2.05) is 31.2 Å². The lowest BCUT2D eigenvalue weighted by molar-refractivity contribution is 0.0955. The lowest BCUT2D eigenvalue weighted by Gasteiger charge is -2.15. The predicted molar refractivity (Wildman–Crippen MR) is 120 cm³/mol. The number of hydrazone groups is 1. The van der Waals surface area contributed by atoms with Gasteiger partial charge in [-0.2, -0.15) is 5.10 Å². The van der Waals surface area contributed by atoms with Gasteiger partial charge in [-0.3, -0.25) is 4.79 Å². The zero-order chi connectivity index (χ0) is 21.3. The van der Waals surface area contributed by atoms with E-state index in [1.165, 1.54) is 6.21 Å². The van der Waals surface area contributed by atoms with Crippen molar-refractivity contribution in [1.29, 1.82) is 0 Å². The van der Waals surface area contributed by atoms with Crippen LogP contribution in [0.15, 0.2) is 71.8 Å². The summed E-state index contributed by atoms with van der Waals surface area (Å²) in [6.07, 6.45) is 1.49. The van der Waals surface area contributed by atoms with Crippen molar-refractivity contribution in [2.75, 3.05) is 6.61 Å². The van der Waals surface area contributed by atoms with Gasteiger partial charge in [0.25, 0.3) is 5.91 Å². The number of rotatable bonds is 8. The number of hydrogen-bond donors (Lipinski definition) is 1. The maximum Gasteiger partial charge on any atom is 0.271 e. The Morgan fingerprint density at radius 2 is 1.73 bits per heavy atom. The molecule has 7 heteroatoms. The SMILES string of the molecule is CCOc1cc(/C=N\NC(=O)c2ccccc2)cc(Cl)c1OCc1ccccc1Cl. The molecule has 1 amide bonds. The smallest absolute Gasteiger partial charge is 0.271 e. The van der Waals surface area contributed by atoms with Crippen LogP contribution < -0.4 is 14.9 Å². The molecule has 30 heavy (non-hydrogen) atoms. The van der Waals surface area contributed by atoms with E-state index in [-0.39, 0.29) is 12.5 Å². The average molecular weight is 443 g/mol. The van der Waals surface area contributed by atoms with Crippen molar-refractivity contribution in [3.8, 4) is 11.5 Å². The van der Waals surface area contributed by atoms with E-state index < -0.39 is 0 Å². The second-order valence-corrected chi connectivity index (χ2v) is 7.02. The first kappa shape index (κ1) is 21.7. The highest BCUT2D eigenvalue weighted by atomic mass is 35.5. The van der Waals surface area contributed by atoms with Crippen LogP contribution in [0.25, 0.3) is 0 Å². The van der Waals surface area contributed by atoms with E-state index in [1.54, 1.807) is 42.5 Å². The third kappa shape index (κ3) is 5.75. The standard InChI is InChI=1S/C23H20Cl2N2O3/c1-2-29-21-13-16(14-26-27-23(28)17-8-4-3-5-9-17)12-20(25)22(21)30-15-18-10-6-7-11-19(18)24/h3-14H,2,15H2,1H3,(H,27,28)/b26-14-. The van der Waals surface area contributed by atoms with Crippen LogP contribution in [0, 0.1) is 0 Å². The van der Waals surface area contributed by atoms with Crippen LogP contribution in [-0.4, -0.2) is 18.7 Å². The first-order chi connectivity index (χ1) is 14.6. The number of halogens is 2. The second kappa shape index (κ2) is 10.7. The summed E-state index contributed by atoms with van der Waals surface area (Å²) < 4.78 is 11.6. The molecule has 0 aliphatic heterocycles. The number of ether oxygens (including phenoxy) is 2. The third-order valence-electron chi connectivity index (χ3n) is 4.08. The molecular formula is C23H20Cl2N2O3. The lowest BCUT2D eigenvalue weighted by atomic mass is 10.2. The largest absolute Gasteiger partial charge is 0.490 e. The van der Waals surface area contributed by atoms with E-state index >= 15 is 0 Å². The summed E-state index contributed by atoms with van der Waals surface area (Å²) in [6.45, 7) is 2.55. The van der Waals surface area contributed by atoms with Gasteiger partial charge in [0.15, 0.2) is 11.5 Å². The van der Waals surface area contributed by atoms with Gasteiger partial charge in [0.2, 0.25) is 0 Å². The molecule has 0 aliphatic rings. The molecular weight excluding hydrogens is 423 g/mol. The molecule has 0 bridgehead atoms. The van der Waals surface area contributed by atoms with Gasteiger partial charge in [0, 0.05) is 16.1 Å². The van der Waals surface area contributed by atoms with Crippen LogP contribution >= 0.6 is 23.2 Å². The Morgan fingerprint density at radius 3 is 2.47 bits per heavy atom. The molecule has 0 aliphatic carbocycles. The fourth-order valence-electron chi connectivity index (χ4n) is 2.65. The van der Waals surface area contributed by atoms with Crippen LogP contribution in [0.2, 0.25) is 10.0 Å². The summed E-state index contributed by atoms with van der Waals surface area (Å²) in [7, 11) is 0. The molecule has 0 atom stereocenters. The van der Waals surface area contributed by atoms with E-state index in [4.69, 9.17) is 32.7 Å². The maximum absolute atomic E-state index is 12.1. The quantitative estimate of drug-likeness (QED) is 0.357. The van der Waals surface area contributed by atoms with Gasteiger partial charge in [-0.05, 0) is 42.8 Å². The van der Waals surface area contributed by atoms with Crippen LogP contribution in [0.1, 0.15) is 28.4 Å². The minimum atomic E-state index is -0.303. The molecule has 1 N–H and O–H groups in total. The van der Waals surface area contributed by atoms with E-state index in [0.29, 0.717) is 39.3 Å². The second-order valence-electron chi connectivity index (χ2n) is 6.21. The molecule has 0 heterocycles. The number of amides is 1. The molecule has 3 aromatic carbocycles. The molecule has 0 unspecified atom stereocenters. The fraction of sp³-hybridized carbons (Fsp3) is 0.130. The molecule has 0 radical (unpaired) electrons. The summed E-state index contributed by atoms with van der Waals surface area (Å²) in [5.74, 6) is 0.597. The Kier molecular flexibility index (Phi) is 7.71. The molecule has 0 saturated heterocycles. The highest BCUT2D eigenvalue weighted by Crippen LogP contribution is 2.37. The minimum absolute atomic E-state index is 0.250. The van der Waals surface area contributed by atoms with Crippen LogP contribution in [0.4, 0.5) is 0 Å². The van der Waals surface area contributed by atoms with Crippen molar-refractivity contribution in [2.45, 2.75) is 13.5 Å². The van der Waals surface area contributed by atoms with E-state index in [2.05, 4.69) is 10.5 Å². The van der Waals surface area contributed by atoms with Crippen molar-refractivity contribution in [1.82, 2.24) is 5.43 Å². The van der Waals surface area contributed by atoms with Crippen molar-refractivity contribution in [3.05, 3.63) is 93.5 Å². The number of nitrogens with one attached hydrogen (secondary N) is 1. The summed E-state index contributed by atoms with van der Waals surface area (Å²) in [5.41, 5.74) is 4.50. The summed E-state index contributed by atoms with van der Waals surface area (Å²) in [5, 5.41) is 4.98. The zero-order valence-electron chi connectivity index (χ0n) is 16.3. The lowest BCUT2D eigenvalue weighted by Crippen LogP contribution is -2.17. The van der Waals surface area contributed by atoms with Gasteiger partial charge in [-0.25, -0.2) is 5.43 Å². The average Bonchev–Trinajstić information content (AvgIpc) is 2.75. The number of carbonyl (C=O) groups is 1. The first-order valence-electron chi connectivity index (χ1n) is 9.29. The van der Waals surface area contributed by atoms with Gasteiger partial charge >= 0.3 is 0 Å². The molecule has 0 spiro atoms. The van der Waals surface area contributed by atoms with Crippen molar-refractivity contribution in [3.63, 3.8) is 0 Å². The Bertz CT molecular complexity index is 1040. The maximum atomic E-state index is 12.1. The first-order valence-corrected chi connectivity index (χ1v) is 10.0. The number of carbonyl (C=O) groups excluding carboxylic acids is 1. The minimum Gasteiger partial charge on any atom is -0.490 e. The summed E-state index contributed by atoms with van der Waals surface area (Å²) in [6, 6.07) is 19.7. The Morgan fingerprint density at radius 1 is 1.00 bits per heavy atom. The summed E-state index contributed by atoms with van der Waals surface area (Å²) in [4.78, 5) is 12.1. The molecule has 3 aromatic rings. The molecule has 0 aromatic heterocycles. The molecule has 5 nitrogen and oxygen atoms in total. The Balaban J connectivity index is 1.73. The highest BCUT2D eigenvalue weighted by molar-refractivity contribution is 6.32. The zero-order valence-corrected chi connectivity index (χ0v) is 17.8. The normalized spacial score (nSPS) is 10.8. The fourth-order valence-corrected chi connectivity index (χ4v) is 3.11. The predicted octanol–water partition coefficient (Wildman–Crippen LogP) is 5.74. The van der Waals surface area contributed by atoms with E-state index in [0.717, 1.165) is 5.56 Å². The molecule has 3 rings (SSSR count). The Labute approximate surface area is 185 Å². The molecule has 0 fully saturated rings. The van der Waals surface area contributed by atoms with Crippen LogP contribution in [0.3, 0.4) is 0 Å². The van der Waals surface area contributed by atoms with Crippen LogP contribution in [-0.2, 0) is 6.61 Å². The highest BCUT2D eigenvalue weighted by Gasteiger charge is 2.13. The molecule has 0 saturated carbocycles. The third-order valence-corrected chi connectivity index (χ3v) is 4.73. The Hall–Kier alpha value is -3.02. The van der Waals surface area contributed by atoms with Crippen molar-refractivity contribution in [2.24, 2.45) is 5.10 Å². The van der Waals surface area contributed by atoms with Crippen LogP contribution in [0.5, 0.6) is 11.5 Å². The van der Waals surface area contributed by atoms with Crippen molar-refractivity contribution < 1.29 is 14.3 Å².